The van der Waals surface area contributed by atoms with Crippen molar-refractivity contribution in [2.45, 2.75) is 50.5 Å². The minimum atomic E-state index is -0.279. The Balaban J connectivity index is 1.64. The first-order valence-electron chi connectivity index (χ1n) is 7.70. The highest BCUT2D eigenvalue weighted by Crippen LogP contribution is 2.37. The summed E-state index contributed by atoms with van der Waals surface area (Å²) in [5.74, 6) is -0.526. The minimum Gasteiger partial charge on any atom is -0.461 e. The fourth-order valence-corrected chi connectivity index (χ4v) is 3.60. The van der Waals surface area contributed by atoms with E-state index in [0.717, 1.165) is 12.8 Å². The van der Waals surface area contributed by atoms with E-state index in [1.807, 2.05) is 25.2 Å². The zero-order chi connectivity index (χ0) is 15.7. The van der Waals surface area contributed by atoms with E-state index >= 15 is 0 Å². The van der Waals surface area contributed by atoms with Gasteiger partial charge in [-0.1, -0.05) is 18.2 Å². The van der Waals surface area contributed by atoms with Gasteiger partial charge in [0.25, 0.3) is 0 Å². The molecule has 0 N–H and O–H groups in total. The van der Waals surface area contributed by atoms with Gasteiger partial charge < -0.3 is 9.47 Å². The number of likely N-dealkylation sites (N-methyl/N-ethyl adjacent to an activating group) is 1. The SMILES string of the molecule is CC(=O)O[C@H]1C[C@@H]2C[C@@H](OC(=O)c3ccccc3)C[C@@H]1N2C. The van der Waals surface area contributed by atoms with Gasteiger partial charge in [-0.2, -0.15) is 0 Å². The van der Waals surface area contributed by atoms with Crippen molar-refractivity contribution in [2.24, 2.45) is 0 Å². The van der Waals surface area contributed by atoms with Crippen LogP contribution in [-0.4, -0.2) is 48.2 Å². The second kappa shape index (κ2) is 6.08. The highest BCUT2D eigenvalue weighted by molar-refractivity contribution is 5.89. The van der Waals surface area contributed by atoms with E-state index < -0.39 is 0 Å². The highest BCUT2D eigenvalue weighted by atomic mass is 16.6. The maximum absolute atomic E-state index is 12.2. The number of hydrogen-bond acceptors (Lipinski definition) is 5. The van der Waals surface area contributed by atoms with Crippen LogP contribution in [0.15, 0.2) is 30.3 Å². The average molecular weight is 303 g/mol. The summed E-state index contributed by atoms with van der Waals surface area (Å²) < 4.78 is 11.1. The second-order valence-corrected chi connectivity index (χ2v) is 6.13. The number of esters is 2. The third-order valence-corrected chi connectivity index (χ3v) is 4.67. The Bertz CT molecular complexity index is 559. The quantitative estimate of drug-likeness (QED) is 0.800. The predicted molar refractivity (Wildman–Crippen MR) is 80.4 cm³/mol. The molecule has 2 heterocycles. The summed E-state index contributed by atoms with van der Waals surface area (Å²) in [4.78, 5) is 25.6. The molecule has 0 radical (unpaired) electrons. The summed E-state index contributed by atoms with van der Waals surface area (Å²) in [5, 5.41) is 0. The molecule has 2 bridgehead atoms. The van der Waals surface area contributed by atoms with Gasteiger partial charge in [-0.15, -0.1) is 0 Å². The normalized spacial score (nSPS) is 30.8. The average Bonchev–Trinajstić information content (AvgIpc) is 2.67. The molecule has 2 saturated heterocycles. The van der Waals surface area contributed by atoms with E-state index in [9.17, 15) is 9.59 Å². The van der Waals surface area contributed by atoms with Crippen LogP contribution >= 0.6 is 0 Å². The van der Waals surface area contributed by atoms with Crippen LogP contribution in [0.1, 0.15) is 36.5 Å². The number of hydrogen-bond donors (Lipinski definition) is 0. The number of ether oxygens (including phenoxy) is 2. The molecular formula is C17H21NO4. The summed E-state index contributed by atoms with van der Waals surface area (Å²) in [7, 11) is 2.05. The lowest BCUT2D eigenvalue weighted by Crippen LogP contribution is -2.46. The molecule has 1 aromatic rings. The van der Waals surface area contributed by atoms with Gasteiger partial charge >= 0.3 is 11.9 Å². The Morgan fingerprint density at radius 1 is 1.09 bits per heavy atom. The molecule has 0 unspecified atom stereocenters. The molecule has 118 valence electrons. The van der Waals surface area contributed by atoms with Crippen LogP contribution in [0.25, 0.3) is 0 Å². The van der Waals surface area contributed by atoms with Gasteiger partial charge in [-0.25, -0.2) is 4.79 Å². The summed E-state index contributed by atoms with van der Waals surface area (Å²) in [5.41, 5.74) is 0.574. The zero-order valence-corrected chi connectivity index (χ0v) is 12.9. The molecule has 0 aromatic heterocycles. The molecular weight excluding hydrogens is 282 g/mol. The first kappa shape index (κ1) is 15.0. The van der Waals surface area contributed by atoms with Crippen molar-refractivity contribution in [1.29, 1.82) is 0 Å². The van der Waals surface area contributed by atoms with Crippen LogP contribution in [0.3, 0.4) is 0 Å². The number of rotatable bonds is 3. The molecule has 2 aliphatic rings. The third kappa shape index (κ3) is 2.99. The number of carbonyl (C=O) groups is 2. The highest BCUT2D eigenvalue weighted by Gasteiger charge is 2.47. The van der Waals surface area contributed by atoms with Crippen LogP contribution in [0.5, 0.6) is 0 Å². The van der Waals surface area contributed by atoms with Gasteiger partial charge in [0.15, 0.2) is 0 Å². The first-order valence-corrected chi connectivity index (χ1v) is 7.70. The molecule has 0 saturated carbocycles. The van der Waals surface area contributed by atoms with Crippen LogP contribution in [0.4, 0.5) is 0 Å². The molecule has 0 amide bonds. The van der Waals surface area contributed by atoms with E-state index in [-0.39, 0.29) is 30.2 Å². The first-order chi connectivity index (χ1) is 10.5. The monoisotopic (exact) mass is 303 g/mol. The minimum absolute atomic E-state index is 0.0899. The molecule has 0 spiro atoms. The molecule has 5 heteroatoms. The van der Waals surface area contributed by atoms with E-state index in [2.05, 4.69) is 4.90 Å². The summed E-state index contributed by atoms with van der Waals surface area (Å²) in [6.45, 7) is 1.44. The number of carbonyl (C=O) groups excluding carboxylic acids is 2. The standard InChI is InChI=1S/C17H21NO4/c1-11(19)21-16-9-13-8-14(10-15(16)18(13)2)22-17(20)12-6-4-3-5-7-12/h3-7,13-16H,8-10H2,1-2H3/t13-,14+,15-,16-/m0/s1. The van der Waals surface area contributed by atoms with Crippen molar-refractivity contribution < 1.29 is 19.1 Å². The summed E-state index contributed by atoms with van der Waals surface area (Å²) in [6.07, 6.45) is 2.12. The molecule has 22 heavy (non-hydrogen) atoms. The Kier molecular flexibility index (Phi) is 4.16. The third-order valence-electron chi connectivity index (χ3n) is 4.67. The number of fused-ring (bicyclic) bond motifs is 2. The molecule has 3 rings (SSSR count). The second-order valence-electron chi connectivity index (χ2n) is 6.13. The lowest BCUT2D eigenvalue weighted by atomic mass is 10.00. The van der Waals surface area contributed by atoms with Crippen molar-refractivity contribution in [2.75, 3.05) is 7.05 Å². The molecule has 2 aliphatic heterocycles. The predicted octanol–water partition coefficient (Wildman–Crippen LogP) is 2.01. The maximum atomic E-state index is 12.2. The van der Waals surface area contributed by atoms with Gasteiger partial charge in [-0.3, -0.25) is 9.69 Å². The Labute approximate surface area is 130 Å². The number of benzene rings is 1. The topological polar surface area (TPSA) is 55.8 Å². The smallest absolute Gasteiger partial charge is 0.338 e. The van der Waals surface area contributed by atoms with E-state index in [0.29, 0.717) is 18.0 Å². The van der Waals surface area contributed by atoms with Crippen LogP contribution in [0, 0.1) is 0 Å². The van der Waals surface area contributed by atoms with Crippen LogP contribution < -0.4 is 0 Å². The van der Waals surface area contributed by atoms with E-state index in [1.165, 1.54) is 6.92 Å². The van der Waals surface area contributed by atoms with Crippen molar-refractivity contribution in [3.63, 3.8) is 0 Å². The summed E-state index contributed by atoms with van der Waals surface area (Å²) in [6, 6.07) is 9.47. The Hall–Kier alpha value is -1.88. The van der Waals surface area contributed by atoms with E-state index in [1.54, 1.807) is 12.1 Å². The van der Waals surface area contributed by atoms with E-state index in [4.69, 9.17) is 9.47 Å². The molecule has 0 aliphatic carbocycles. The van der Waals surface area contributed by atoms with Gasteiger partial charge in [0.2, 0.25) is 0 Å². The van der Waals surface area contributed by atoms with Crippen molar-refractivity contribution >= 4 is 11.9 Å². The van der Waals surface area contributed by atoms with Gasteiger partial charge in [0.05, 0.1) is 11.6 Å². The lowest BCUT2D eigenvalue weighted by Gasteiger charge is -2.36. The Morgan fingerprint density at radius 3 is 2.50 bits per heavy atom. The largest absolute Gasteiger partial charge is 0.461 e. The lowest BCUT2D eigenvalue weighted by molar-refractivity contribution is -0.147. The van der Waals surface area contributed by atoms with Crippen molar-refractivity contribution in [3.8, 4) is 0 Å². The van der Waals surface area contributed by atoms with Crippen molar-refractivity contribution in [1.82, 2.24) is 4.90 Å². The molecule has 5 nitrogen and oxygen atoms in total. The number of nitrogens with zero attached hydrogens (tertiary/aromatic N) is 1. The summed E-state index contributed by atoms with van der Waals surface area (Å²) >= 11 is 0. The van der Waals surface area contributed by atoms with Crippen LogP contribution in [-0.2, 0) is 14.3 Å². The van der Waals surface area contributed by atoms with Crippen LogP contribution in [0.2, 0.25) is 0 Å². The molecule has 2 fully saturated rings. The maximum Gasteiger partial charge on any atom is 0.338 e. The molecule has 4 atom stereocenters. The fourth-order valence-electron chi connectivity index (χ4n) is 3.60. The molecule has 1 aromatic carbocycles. The van der Waals surface area contributed by atoms with Gasteiger partial charge in [0.1, 0.15) is 12.2 Å². The Morgan fingerprint density at radius 2 is 1.82 bits per heavy atom. The number of piperidine rings is 1. The fraction of sp³-hybridized carbons (Fsp3) is 0.529. The van der Waals surface area contributed by atoms with Crippen molar-refractivity contribution in [3.05, 3.63) is 35.9 Å². The van der Waals surface area contributed by atoms with Gasteiger partial charge in [0, 0.05) is 32.2 Å². The van der Waals surface area contributed by atoms with Gasteiger partial charge in [-0.05, 0) is 19.2 Å². The zero-order valence-electron chi connectivity index (χ0n) is 12.9.